The van der Waals surface area contributed by atoms with Crippen LogP contribution < -0.4 is 9.47 Å². The Labute approximate surface area is 185 Å². The minimum absolute atomic E-state index is 0.00567. The van der Waals surface area contributed by atoms with E-state index in [0.29, 0.717) is 28.4 Å². The van der Waals surface area contributed by atoms with E-state index in [-0.39, 0.29) is 17.9 Å². The summed E-state index contributed by atoms with van der Waals surface area (Å²) in [4.78, 5) is 27.6. The molecule has 1 amide bonds. The van der Waals surface area contributed by atoms with E-state index < -0.39 is 17.7 Å². The Kier molecular flexibility index (Phi) is 5.73. The first-order chi connectivity index (χ1) is 15.4. The molecule has 1 atom stereocenters. The predicted octanol–water partition coefficient (Wildman–Crippen LogP) is 4.23. The topological polar surface area (TPSA) is 89.2 Å². The molecule has 32 heavy (non-hydrogen) atoms. The molecule has 1 unspecified atom stereocenters. The Bertz CT molecular complexity index is 1180. The van der Waals surface area contributed by atoms with Crippen LogP contribution in [0.25, 0.3) is 5.76 Å². The summed E-state index contributed by atoms with van der Waals surface area (Å²) in [6, 6.07) is 14.8. The van der Waals surface area contributed by atoms with E-state index in [0.717, 1.165) is 5.56 Å². The minimum atomic E-state index is -0.873. The number of ether oxygens (including phenoxy) is 2. The van der Waals surface area contributed by atoms with Gasteiger partial charge in [0, 0.05) is 17.2 Å². The lowest BCUT2D eigenvalue weighted by Crippen LogP contribution is -2.29. The second-order valence-corrected chi connectivity index (χ2v) is 7.48. The van der Waals surface area contributed by atoms with Gasteiger partial charge in [-0.3, -0.25) is 9.59 Å². The molecule has 7 nitrogen and oxygen atoms in total. The lowest BCUT2D eigenvalue weighted by atomic mass is 9.94. The van der Waals surface area contributed by atoms with Crippen molar-refractivity contribution in [2.75, 3.05) is 14.2 Å². The number of nitrogens with zero attached hydrogens (tertiary/aromatic N) is 1. The molecule has 0 aliphatic carbocycles. The zero-order valence-corrected chi connectivity index (χ0v) is 18.0. The number of aliphatic hydroxyl groups is 1. The van der Waals surface area contributed by atoms with Crippen LogP contribution in [-0.4, -0.2) is 35.9 Å². The van der Waals surface area contributed by atoms with Gasteiger partial charge < -0.3 is 23.9 Å². The first-order valence-corrected chi connectivity index (χ1v) is 10.0. The number of rotatable bonds is 6. The number of ketones is 1. The van der Waals surface area contributed by atoms with Gasteiger partial charge in [0.25, 0.3) is 11.7 Å². The van der Waals surface area contributed by atoms with E-state index in [9.17, 15) is 14.7 Å². The number of amides is 1. The molecule has 0 saturated carbocycles. The van der Waals surface area contributed by atoms with Crippen molar-refractivity contribution >= 4 is 17.4 Å². The summed E-state index contributed by atoms with van der Waals surface area (Å²) in [6.45, 7) is 1.98. The molecule has 1 aliphatic rings. The Morgan fingerprint density at radius 3 is 2.44 bits per heavy atom. The van der Waals surface area contributed by atoms with Gasteiger partial charge in [-0.1, -0.05) is 29.8 Å². The Morgan fingerprint density at radius 1 is 1.06 bits per heavy atom. The highest BCUT2D eigenvalue weighted by Crippen LogP contribution is 2.44. The number of carbonyl (C=O) groups is 2. The quantitative estimate of drug-likeness (QED) is 0.356. The van der Waals surface area contributed by atoms with Gasteiger partial charge in [0.15, 0.2) is 0 Å². The van der Waals surface area contributed by atoms with Crippen molar-refractivity contribution in [2.24, 2.45) is 0 Å². The van der Waals surface area contributed by atoms with Crippen LogP contribution in [0.5, 0.6) is 11.5 Å². The number of Topliss-reactive ketones (excluding diaryl/α,β-unsaturated/α-hetero) is 1. The third-order valence-corrected chi connectivity index (χ3v) is 5.51. The standard InChI is InChI=1S/C25H23NO6/c1-15-6-8-16(9-7-15)23(27)21-22(19-11-10-17(30-2)13-20(19)31-3)26(25(29)24(21)28)14-18-5-4-12-32-18/h4-13,22,27H,14H2,1-3H3/b23-21+. The molecule has 0 spiro atoms. The summed E-state index contributed by atoms with van der Waals surface area (Å²) in [5, 5.41) is 11.1. The maximum absolute atomic E-state index is 13.1. The first-order valence-electron chi connectivity index (χ1n) is 10.0. The molecule has 1 saturated heterocycles. The van der Waals surface area contributed by atoms with Gasteiger partial charge >= 0.3 is 0 Å². The number of likely N-dealkylation sites (tertiary alicyclic amines) is 1. The zero-order valence-electron chi connectivity index (χ0n) is 18.0. The van der Waals surface area contributed by atoms with E-state index in [1.54, 1.807) is 42.5 Å². The van der Waals surface area contributed by atoms with E-state index >= 15 is 0 Å². The van der Waals surface area contributed by atoms with Crippen LogP contribution >= 0.6 is 0 Å². The molecule has 2 heterocycles. The maximum Gasteiger partial charge on any atom is 0.296 e. The second-order valence-electron chi connectivity index (χ2n) is 7.48. The molecule has 3 aromatic rings. The van der Waals surface area contributed by atoms with Crippen LogP contribution in [-0.2, 0) is 16.1 Å². The summed E-state index contributed by atoms with van der Waals surface area (Å²) >= 11 is 0. The van der Waals surface area contributed by atoms with Crippen molar-refractivity contribution in [1.82, 2.24) is 4.90 Å². The smallest absolute Gasteiger partial charge is 0.296 e. The van der Waals surface area contributed by atoms with Gasteiger partial charge in [-0.05, 0) is 31.2 Å². The molecule has 7 heteroatoms. The molecular weight excluding hydrogens is 410 g/mol. The van der Waals surface area contributed by atoms with Gasteiger partial charge in [0.05, 0.1) is 38.6 Å². The largest absolute Gasteiger partial charge is 0.507 e. The highest BCUT2D eigenvalue weighted by atomic mass is 16.5. The number of aryl methyl sites for hydroxylation is 1. The SMILES string of the molecule is COc1ccc(C2/C(=C(\O)c3ccc(C)cc3)C(=O)C(=O)N2Cc2ccco2)c(OC)c1. The summed E-state index contributed by atoms with van der Waals surface area (Å²) in [5.41, 5.74) is 2.00. The summed E-state index contributed by atoms with van der Waals surface area (Å²) in [5.74, 6) is -0.231. The number of methoxy groups -OCH3 is 2. The Morgan fingerprint density at radius 2 is 1.81 bits per heavy atom. The molecule has 1 aromatic heterocycles. The average Bonchev–Trinajstić information content (AvgIpc) is 3.41. The highest BCUT2D eigenvalue weighted by Gasteiger charge is 2.47. The van der Waals surface area contributed by atoms with Crippen molar-refractivity contribution < 1.29 is 28.6 Å². The average molecular weight is 433 g/mol. The fourth-order valence-electron chi connectivity index (χ4n) is 3.85. The molecule has 1 fully saturated rings. The van der Waals surface area contributed by atoms with E-state index in [2.05, 4.69) is 0 Å². The zero-order chi connectivity index (χ0) is 22.8. The van der Waals surface area contributed by atoms with Gasteiger partial charge in [-0.15, -0.1) is 0 Å². The lowest BCUT2D eigenvalue weighted by Gasteiger charge is -2.26. The molecule has 0 radical (unpaired) electrons. The molecule has 164 valence electrons. The predicted molar refractivity (Wildman–Crippen MR) is 117 cm³/mol. The van der Waals surface area contributed by atoms with Gasteiger partial charge in [0.2, 0.25) is 0 Å². The molecule has 1 aliphatic heterocycles. The van der Waals surface area contributed by atoms with Crippen LogP contribution in [0.2, 0.25) is 0 Å². The van der Waals surface area contributed by atoms with Crippen LogP contribution in [0.1, 0.15) is 28.5 Å². The lowest BCUT2D eigenvalue weighted by molar-refractivity contribution is -0.140. The van der Waals surface area contributed by atoms with Gasteiger partial charge in [0.1, 0.15) is 23.0 Å². The molecule has 1 N–H and O–H groups in total. The van der Waals surface area contributed by atoms with Gasteiger partial charge in [-0.25, -0.2) is 0 Å². The van der Waals surface area contributed by atoms with E-state index in [1.807, 2.05) is 19.1 Å². The molecule has 4 rings (SSSR count). The van der Waals surface area contributed by atoms with Crippen LogP contribution in [0.15, 0.2) is 70.9 Å². The Balaban J connectivity index is 1.91. The van der Waals surface area contributed by atoms with Gasteiger partial charge in [-0.2, -0.15) is 0 Å². The van der Waals surface area contributed by atoms with E-state index in [1.165, 1.54) is 25.4 Å². The minimum Gasteiger partial charge on any atom is -0.507 e. The summed E-state index contributed by atoms with van der Waals surface area (Å²) in [6.07, 6.45) is 1.50. The fourth-order valence-corrected chi connectivity index (χ4v) is 3.85. The normalized spacial score (nSPS) is 17.6. The monoisotopic (exact) mass is 433 g/mol. The first kappa shape index (κ1) is 21.2. The molecule has 0 bridgehead atoms. The number of hydrogen-bond donors (Lipinski definition) is 1. The summed E-state index contributed by atoms with van der Waals surface area (Å²) < 4.78 is 16.2. The number of aliphatic hydroxyl groups excluding tert-OH is 1. The van der Waals surface area contributed by atoms with Crippen LogP contribution in [0.3, 0.4) is 0 Å². The second kappa shape index (κ2) is 8.63. The molecule has 2 aromatic carbocycles. The van der Waals surface area contributed by atoms with Crippen molar-refractivity contribution in [3.05, 3.63) is 88.9 Å². The molecular formula is C25H23NO6. The van der Waals surface area contributed by atoms with Crippen LogP contribution in [0, 0.1) is 6.92 Å². The third kappa shape index (κ3) is 3.73. The maximum atomic E-state index is 13.1. The van der Waals surface area contributed by atoms with Crippen molar-refractivity contribution in [3.63, 3.8) is 0 Å². The number of benzene rings is 2. The van der Waals surface area contributed by atoms with Crippen LogP contribution in [0.4, 0.5) is 0 Å². The number of hydrogen-bond acceptors (Lipinski definition) is 6. The fraction of sp³-hybridized carbons (Fsp3) is 0.200. The number of carbonyl (C=O) groups excluding carboxylic acids is 2. The van der Waals surface area contributed by atoms with Crippen molar-refractivity contribution in [2.45, 2.75) is 19.5 Å². The summed E-state index contributed by atoms with van der Waals surface area (Å²) in [7, 11) is 3.03. The van der Waals surface area contributed by atoms with Crippen molar-refractivity contribution in [1.29, 1.82) is 0 Å². The number of furan rings is 1. The third-order valence-electron chi connectivity index (χ3n) is 5.51. The Hall–Kier alpha value is -4.00. The highest BCUT2D eigenvalue weighted by molar-refractivity contribution is 6.46. The van der Waals surface area contributed by atoms with Crippen molar-refractivity contribution in [3.8, 4) is 11.5 Å². The van der Waals surface area contributed by atoms with E-state index in [4.69, 9.17) is 13.9 Å².